The van der Waals surface area contributed by atoms with Crippen molar-refractivity contribution in [1.29, 1.82) is 0 Å². The number of benzene rings is 2. The molecule has 1 saturated heterocycles. The van der Waals surface area contributed by atoms with Crippen LogP contribution in [0.2, 0.25) is 0 Å². The maximum absolute atomic E-state index is 12.7. The zero-order chi connectivity index (χ0) is 20.8. The lowest BCUT2D eigenvalue weighted by atomic mass is 9.95. The number of hydrogen-bond donors (Lipinski definition) is 1. The molecule has 152 valence electrons. The zero-order valence-electron chi connectivity index (χ0n) is 16.8. The topological polar surface area (TPSA) is 75.7 Å². The molecule has 6 nitrogen and oxygen atoms in total. The fourth-order valence-corrected chi connectivity index (χ4v) is 3.52. The predicted octanol–water partition coefficient (Wildman–Crippen LogP) is 3.66. The molecule has 0 bridgehead atoms. The van der Waals surface area contributed by atoms with Crippen LogP contribution in [0.4, 0.5) is 5.69 Å². The van der Waals surface area contributed by atoms with Crippen molar-refractivity contribution in [3.63, 3.8) is 0 Å². The van der Waals surface area contributed by atoms with Gasteiger partial charge in [0.1, 0.15) is 0 Å². The minimum absolute atomic E-state index is 0.000199. The van der Waals surface area contributed by atoms with E-state index in [9.17, 15) is 14.4 Å². The van der Waals surface area contributed by atoms with Crippen molar-refractivity contribution in [2.24, 2.45) is 5.92 Å². The number of piperidine rings is 1. The van der Waals surface area contributed by atoms with Crippen LogP contribution in [-0.2, 0) is 9.53 Å². The molecule has 0 saturated carbocycles. The largest absolute Gasteiger partial charge is 0.462 e. The summed E-state index contributed by atoms with van der Waals surface area (Å²) in [6, 6.07) is 14.4. The molecule has 3 rings (SSSR count). The van der Waals surface area contributed by atoms with E-state index in [0.717, 1.165) is 5.56 Å². The van der Waals surface area contributed by atoms with Crippen molar-refractivity contribution in [2.75, 3.05) is 25.0 Å². The zero-order valence-corrected chi connectivity index (χ0v) is 16.8. The van der Waals surface area contributed by atoms with E-state index in [4.69, 9.17) is 4.74 Å². The molecule has 29 heavy (non-hydrogen) atoms. The van der Waals surface area contributed by atoms with Gasteiger partial charge in [0.2, 0.25) is 5.91 Å². The highest BCUT2D eigenvalue weighted by molar-refractivity contribution is 6.02. The number of likely N-dealkylation sites (tertiary alicyclic amines) is 1. The van der Waals surface area contributed by atoms with Gasteiger partial charge in [-0.15, -0.1) is 0 Å². The van der Waals surface area contributed by atoms with Crippen LogP contribution in [0.5, 0.6) is 0 Å². The van der Waals surface area contributed by atoms with E-state index in [2.05, 4.69) is 5.32 Å². The third-order valence-corrected chi connectivity index (χ3v) is 5.10. The summed E-state index contributed by atoms with van der Waals surface area (Å²) in [5.41, 5.74) is 2.52. The minimum Gasteiger partial charge on any atom is -0.462 e. The summed E-state index contributed by atoms with van der Waals surface area (Å²) < 4.78 is 5.05. The quantitative estimate of drug-likeness (QED) is 0.785. The summed E-state index contributed by atoms with van der Waals surface area (Å²) in [6.07, 6.45) is 1.18. The second kappa shape index (κ2) is 9.37. The van der Waals surface area contributed by atoms with Crippen LogP contribution in [0, 0.1) is 12.8 Å². The van der Waals surface area contributed by atoms with E-state index < -0.39 is 5.97 Å². The van der Waals surface area contributed by atoms with Gasteiger partial charge in [-0.05, 0) is 51.0 Å². The molecule has 2 aromatic carbocycles. The summed E-state index contributed by atoms with van der Waals surface area (Å²) in [5, 5.41) is 2.86. The number of esters is 1. The molecule has 1 heterocycles. The molecule has 0 aromatic heterocycles. The van der Waals surface area contributed by atoms with Gasteiger partial charge in [-0.1, -0.05) is 29.8 Å². The lowest BCUT2D eigenvalue weighted by Crippen LogP contribution is -2.41. The van der Waals surface area contributed by atoms with Crippen LogP contribution in [-0.4, -0.2) is 42.4 Å². The molecular weight excluding hydrogens is 368 g/mol. The molecule has 0 aliphatic carbocycles. The number of nitrogens with zero attached hydrogens (tertiary/aromatic N) is 1. The Hall–Kier alpha value is -3.15. The van der Waals surface area contributed by atoms with Crippen molar-refractivity contribution in [1.82, 2.24) is 4.90 Å². The van der Waals surface area contributed by atoms with E-state index in [1.807, 2.05) is 31.2 Å². The Balaban J connectivity index is 1.60. The fraction of sp³-hybridized carbons (Fsp3) is 0.348. The van der Waals surface area contributed by atoms with Crippen LogP contribution in [0.15, 0.2) is 48.5 Å². The molecule has 6 heteroatoms. The van der Waals surface area contributed by atoms with Crippen LogP contribution < -0.4 is 5.32 Å². The lowest BCUT2D eigenvalue weighted by molar-refractivity contribution is -0.121. The first-order valence-electron chi connectivity index (χ1n) is 9.92. The van der Waals surface area contributed by atoms with E-state index in [1.54, 1.807) is 36.1 Å². The molecule has 1 aliphatic rings. The number of anilines is 1. The Kier molecular flexibility index (Phi) is 6.65. The van der Waals surface area contributed by atoms with Crippen molar-refractivity contribution >= 4 is 23.5 Å². The van der Waals surface area contributed by atoms with E-state index in [0.29, 0.717) is 42.7 Å². The molecule has 1 aliphatic heterocycles. The Morgan fingerprint density at radius 3 is 2.48 bits per heavy atom. The molecule has 2 amide bonds. The number of amides is 2. The van der Waals surface area contributed by atoms with E-state index >= 15 is 0 Å². The smallest absolute Gasteiger partial charge is 0.340 e. The fourth-order valence-electron chi connectivity index (χ4n) is 3.52. The maximum atomic E-state index is 12.7. The molecular formula is C23H26N2O4. The van der Waals surface area contributed by atoms with Gasteiger partial charge in [-0.3, -0.25) is 9.59 Å². The number of para-hydroxylation sites is 1. The molecule has 0 unspecified atom stereocenters. The summed E-state index contributed by atoms with van der Waals surface area (Å²) in [7, 11) is 0. The highest BCUT2D eigenvalue weighted by atomic mass is 16.5. The summed E-state index contributed by atoms with van der Waals surface area (Å²) >= 11 is 0. The number of ether oxygens (including phenoxy) is 1. The van der Waals surface area contributed by atoms with Gasteiger partial charge in [0.25, 0.3) is 5.91 Å². The molecule has 0 atom stereocenters. The minimum atomic E-state index is -0.457. The average Bonchev–Trinajstić information content (AvgIpc) is 2.74. The highest BCUT2D eigenvalue weighted by Crippen LogP contribution is 2.23. The van der Waals surface area contributed by atoms with Gasteiger partial charge < -0.3 is 15.0 Å². The Bertz CT molecular complexity index is 901. The van der Waals surface area contributed by atoms with Crippen LogP contribution in [0.25, 0.3) is 0 Å². The second-order valence-electron chi connectivity index (χ2n) is 7.19. The monoisotopic (exact) mass is 394 g/mol. The van der Waals surface area contributed by atoms with Gasteiger partial charge in [0.15, 0.2) is 0 Å². The van der Waals surface area contributed by atoms with E-state index in [1.165, 1.54) is 0 Å². The number of carbonyl (C=O) groups excluding carboxylic acids is 3. The number of aryl methyl sites for hydroxylation is 1. The number of carbonyl (C=O) groups is 3. The molecule has 0 radical (unpaired) electrons. The summed E-state index contributed by atoms with van der Waals surface area (Å²) in [4.78, 5) is 39.3. The van der Waals surface area contributed by atoms with Gasteiger partial charge in [0.05, 0.1) is 17.9 Å². The van der Waals surface area contributed by atoms with Crippen molar-refractivity contribution in [2.45, 2.75) is 26.7 Å². The Labute approximate surface area is 170 Å². The van der Waals surface area contributed by atoms with E-state index in [-0.39, 0.29) is 24.3 Å². The van der Waals surface area contributed by atoms with Crippen LogP contribution in [0.3, 0.4) is 0 Å². The van der Waals surface area contributed by atoms with Crippen molar-refractivity contribution < 1.29 is 19.1 Å². The molecule has 2 aromatic rings. The molecule has 0 spiro atoms. The summed E-state index contributed by atoms with van der Waals surface area (Å²) in [6.45, 7) is 5.04. The van der Waals surface area contributed by atoms with Gasteiger partial charge in [0, 0.05) is 24.6 Å². The third kappa shape index (κ3) is 5.02. The molecule has 1 fully saturated rings. The molecule has 1 N–H and O–H groups in total. The third-order valence-electron chi connectivity index (χ3n) is 5.10. The number of hydrogen-bond acceptors (Lipinski definition) is 4. The highest BCUT2D eigenvalue weighted by Gasteiger charge is 2.28. The van der Waals surface area contributed by atoms with Gasteiger partial charge >= 0.3 is 5.97 Å². The SMILES string of the molecule is CCOC(=O)c1ccccc1NC(=O)C1CCN(C(=O)c2cccc(C)c2)CC1. The van der Waals surface area contributed by atoms with Gasteiger partial charge in [-0.2, -0.15) is 0 Å². The summed E-state index contributed by atoms with van der Waals surface area (Å²) in [5.74, 6) is -0.793. The Morgan fingerprint density at radius 2 is 1.79 bits per heavy atom. The lowest BCUT2D eigenvalue weighted by Gasteiger charge is -2.31. The first kappa shape index (κ1) is 20.6. The first-order chi connectivity index (χ1) is 14.0. The number of rotatable bonds is 5. The van der Waals surface area contributed by atoms with Crippen LogP contribution >= 0.6 is 0 Å². The van der Waals surface area contributed by atoms with Gasteiger partial charge in [-0.25, -0.2) is 4.79 Å². The normalized spacial score (nSPS) is 14.3. The second-order valence-corrected chi connectivity index (χ2v) is 7.19. The first-order valence-corrected chi connectivity index (χ1v) is 9.92. The maximum Gasteiger partial charge on any atom is 0.340 e. The standard InChI is InChI=1S/C23H26N2O4/c1-3-29-23(28)19-9-4-5-10-20(19)24-21(26)17-11-13-25(14-12-17)22(27)18-8-6-7-16(2)15-18/h4-10,15,17H,3,11-14H2,1-2H3,(H,24,26). The number of nitrogens with one attached hydrogen (secondary N) is 1. The van der Waals surface area contributed by atoms with Crippen molar-refractivity contribution in [3.8, 4) is 0 Å². The average molecular weight is 394 g/mol. The van der Waals surface area contributed by atoms with Crippen LogP contribution in [0.1, 0.15) is 46.0 Å². The Morgan fingerprint density at radius 1 is 1.07 bits per heavy atom. The predicted molar refractivity (Wildman–Crippen MR) is 111 cm³/mol. The van der Waals surface area contributed by atoms with Crippen molar-refractivity contribution in [3.05, 3.63) is 65.2 Å².